The van der Waals surface area contributed by atoms with E-state index in [0.717, 1.165) is 5.39 Å². The number of carboxylic acids is 1. The Morgan fingerprint density at radius 3 is 2.60 bits per heavy atom. The van der Waals surface area contributed by atoms with Crippen molar-refractivity contribution in [2.45, 2.75) is 12.5 Å². The first-order chi connectivity index (χ1) is 12.1. The monoisotopic (exact) mass is 338 g/mol. The molecular weight excluding hydrogens is 323 g/mol. The summed E-state index contributed by atoms with van der Waals surface area (Å²) in [5.74, 6) is -2.30. The summed E-state index contributed by atoms with van der Waals surface area (Å²) in [7, 11) is 0. The van der Waals surface area contributed by atoms with Crippen LogP contribution in [0.25, 0.3) is 10.9 Å². The molecule has 0 aliphatic rings. The molecule has 0 aliphatic heterocycles. The van der Waals surface area contributed by atoms with Crippen molar-refractivity contribution in [3.8, 4) is 0 Å². The highest BCUT2D eigenvalue weighted by Crippen LogP contribution is 2.16. The van der Waals surface area contributed by atoms with Gasteiger partial charge in [-0.05, 0) is 23.8 Å². The number of hydrogen-bond acceptors (Lipinski definition) is 3. The third-order valence-corrected chi connectivity index (χ3v) is 3.86. The number of carbonyl (C=O) groups excluding carboxylic acids is 1. The van der Waals surface area contributed by atoms with Gasteiger partial charge in [-0.25, -0.2) is 9.18 Å². The number of pyridine rings is 1. The van der Waals surface area contributed by atoms with E-state index in [1.807, 2.05) is 12.1 Å². The van der Waals surface area contributed by atoms with Crippen molar-refractivity contribution in [2.75, 3.05) is 0 Å². The lowest BCUT2D eigenvalue weighted by Crippen LogP contribution is -2.42. The third-order valence-electron chi connectivity index (χ3n) is 3.86. The minimum atomic E-state index is -1.25. The van der Waals surface area contributed by atoms with Crippen LogP contribution in [-0.4, -0.2) is 28.0 Å². The van der Waals surface area contributed by atoms with Crippen LogP contribution in [0.2, 0.25) is 0 Å². The first-order valence-corrected chi connectivity index (χ1v) is 7.67. The van der Waals surface area contributed by atoms with E-state index in [2.05, 4.69) is 10.3 Å². The summed E-state index contributed by atoms with van der Waals surface area (Å²) in [6.07, 6.45) is 1.42. The molecule has 2 N–H and O–H groups in total. The largest absolute Gasteiger partial charge is 0.480 e. The Labute approximate surface area is 143 Å². The van der Waals surface area contributed by atoms with E-state index in [9.17, 15) is 19.1 Å². The molecule has 0 spiro atoms. The molecule has 3 aromatic rings. The highest BCUT2D eigenvalue weighted by atomic mass is 19.1. The van der Waals surface area contributed by atoms with Gasteiger partial charge in [-0.3, -0.25) is 9.78 Å². The maximum Gasteiger partial charge on any atom is 0.326 e. The van der Waals surface area contributed by atoms with Gasteiger partial charge in [0.2, 0.25) is 0 Å². The van der Waals surface area contributed by atoms with Crippen molar-refractivity contribution in [3.05, 3.63) is 77.7 Å². The number of nitrogens with one attached hydrogen (secondary N) is 1. The van der Waals surface area contributed by atoms with E-state index in [1.54, 1.807) is 30.5 Å². The molecule has 1 atom stereocenters. The Morgan fingerprint density at radius 2 is 1.84 bits per heavy atom. The molecule has 0 fully saturated rings. The number of hydrogen-bond donors (Lipinski definition) is 2. The molecule has 6 heteroatoms. The summed E-state index contributed by atoms with van der Waals surface area (Å²) < 4.78 is 13.8. The predicted molar refractivity (Wildman–Crippen MR) is 90.7 cm³/mol. The van der Waals surface area contributed by atoms with Crippen molar-refractivity contribution in [2.24, 2.45) is 0 Å². The van der Waals surface area contributed by atoms with E-state index in [0.29, 0.717) is 5.52 Å². The molecule has 2 aromatic carbocycles. The summed E-state index contributed by atoms with van der Waals surface area (Å²) in [6, 6.07) is 13.3. The Hall–Kier alpha value is -3.28. The minimum Gasteiger partial charge on any atom is -0.480 e. The quantitative estimate of drug-likeness (QED) is 0.750. The molecule has 3 rings (SSSR count). The highest BCUT2D eigenvalue weighted by Gasteiger charge is 2.23. The van der Waals surface area contributed by atoms with E-state index in [1.165, 1.54) is 18.2 Å². The zero-order valence-electron chi connectivity index (χ0n) is 13.1. The fourth-order valence-electron chi connectivity index (χ4n) is 2.61. The van der Waals surface area contributed by atoms with E-state index >= 15 is 0 Å². The Balaban J connectivity index is 1.86. The lowest BCUT2D eigenvalue weighted by Gasteiger charge is -2.15. The topological polar surface area (TPSA) is 79.3 Å². The van der Waals surface area contributed by atoms with Gasteiger partial charge < -0.3 is 10.4 Å². The van der Waals surface area contributed by atoms with Crippen molar-refractivity contribution in [3.63, 3.8) is 0 Å². The number of para-hydroxylation sites is 1. The van der Waals surface area contributed by atoms with Crippen LogP contribution in [-0.2, 0) is 11.2 Å². The van der Waals surface area contributed by atoms with Gasteiger partial charge >= 0.3 is 5.97 Å². The van der Waals surface area contributed by atoms with E-state index in [4.69, 9.17) is 0 Å². The molecule has 0 saturated heterocycles. The first-order valence-electron chi connectivity index (χ1n) is 7.67. The van der Waals surface area contributed by atoms with Crippen molar-refractivity contribution < 1.29 is 19.1 Å². The Bertz CT molecular complexity index is 937. The maximum atomic E-state index is 13.8. The second kappa shape index (κ2) is 7.09. The van der Waals surface area contributed by atoms with Gasteiger partial charge in [0.1, 0.15) is 11.9 Å². The molecular formula is C19H15FN2O3. The molecule has 0 unspecified atom stereocenters. The summed E-state index contributed by atoms with van der Waals surface area (Å²) >= 11 is 0. The Kier molecular flexibility index (Phi) is 4.70. The summed E-state index contributed by atoms with van der Waals surface area (Å²) in [6.45, 7) is 0. The van der Waals surface area contributed by atoms with Crippen LogP contribution in [0, 0.1) is 5.82 Å². The van der Waals surface area contributed by atoms with Crippen LogP contribution >= 0.6 is 0 Å². The molecule has 126 valence electrons. The van der Waals surface area contributed by atoms with Crippen LogP contribution in [0.4, 0.5) is 4.39 Å². The van der Waals surface area contributed by atoms with Gasteiger partial charge in [0.05, 0.1) is 11.1 Å². The number of carbonyl (C=O) groups is 2. The van der Waals surface area contributed by atoms with Gasteiger partial charge in [-0.2, -0.15) is 0 Å². The van der Waals surface area contributed by atoms with Gasteiger partial charge in [-0.1, -0.05) is 36.4 Å². The number of nitrogens with zero attached hydrogens (tertiary/aromatic N) is 1. The second-order valence-corrected chi connectivity index (χ2v) is 5.54. The number of carboxylic acid groups (broad SMARTS) is 1. The predicted octanol–water partition coefficient (Wildman–Crippen LogP) is 2.80. The molecule has 1 amide bonds. The van der Waals surface area contributed by atoms with Crippen LogP contribution in [0.1, 0.15) is 15.9 Å². The van der Waals surface area contributed by atoms with Crippen molar-refractivity contribution in [1.29, 1.82) is 0 Å². The Morgan fingerprint density at radius 1 is 1.08 bits per heavy atom. The number of amides is 1. The lowest BCUT2D eigenvalue weighted by atomic mass is 10.0. The van der Waals surface area contributed by atoms with Crippen LogP contribution < -0.4 is 5.32 Å². The third kappa shape index (κ3) is 3.63. The second-order valence-electron chi connectivity index (χ2n) is 5.54. The molecule has 0 aliphatic carbocycles. The number of benzene rings is 2. The molecule has 0 bridgehead atoms. The molecule has 1 heterocycles. The number of rotatable bonds is 5. The number of aromatic nitrogens is 1. The fraction of sp³-hybridized carbons (Fsp3) is 0.105. The molecule has 25 heavy (non-hydrogen) atoms. The average Bonchev–Trinajstić information content (AvgIpc) is 2.62. The molecule has 0 saturated carbocycles. The molecule has 5 nitrogen and oxygen atoms in total. The van der Waals surface area contributed by atoms with Gasteiger partial charge in [0.25, 0.3) is 5.91 Å². The maximum absolute atomic E-state index is 13.8. The zero-order valence-corrected chi connectivity index (χ0v) is 13.1. The highest BCUT2D eigenvalue weighted by molar-refractivity contribution is 6.06. The SMILES string of the molecule is O=C(N[C@H](Cc1ccccc1F)C(=O)O)c1cccc2cccnc12. The van der Waals surface area contributed by atoms with Gasteiger partial charge in [-0.15, -0.1) is 0 Å². The zero-order chi connectivity index (χ0) is 17.8. The van der Waals surface area contributed by atoms with E-state index < -0.39 is 23.7 Å². The average molecular weight is 338 g/mol. The van der Waals surface area contributed by atoms with Crippen molar-refractivity contribution in [1.82, 2.24) is 10.3 Å². The fourth-order valence-corrected chi connectivity index (χ4v) is 2.61. The van der Waals surface area contributed by atoms with Crippen LogP contribution in [0.5, 0.6) is 0 Å². The van der Waals surface area contributed by atoms with Gasteiger partial charge in [0, 0.05) is 18.0 Å². The molecule has 1 aromatic heterocycles. The number of aliphatic carboxylic acids is 1. The first kappa shape index (κ1) is 16.6. The van der Waals surface area contributed by atoms with Gasteiger partial charge in [0.15, 0.2) is 0 Å². The number of halogens is 1. The standard InChI is InChI=1S/C19H15FN2O3/c20-15-9-2-1-5-13(15)11-16(19(24)25)22-18(23)14-8-3-6-12-7-4-10-21-17(12)14/h1-10,16H,11H2,(H,22,23)(H,24,25)/t16-/m1/s1. The van der Waals surface area contributed by atoms with Crippen molar-refractivity contribution >= 4 is 22.8 Å². The molecule has 0 radical (unpaired) electrons. The van der Waals surface area contributed by atoms with Crippen LogP contribution in [0.3, 0.4) is 0 Å². The lowest BCUT2D eigenvalue weighted by molar-refractivity contribution is -0.139. The minimum absolute atomic E-state index is 0.147. The summed E-state index contributed by atoms with van der Waals surface area (Å²) in [5, 5.41) is 12.6. The summed E-state index contributed by atoms with van der Waals surface area (Å²) in [4.78, 5) is 28.2. The number of fused-ring (bicyclic) bond motifs is 1. The smallest absolute Gasteiger partial charge is 0.326 e. The van der Waals surface area contributed by atoms with E-state index in [-0.39, 0.29) is 17.5 Å². The van der Waals surface area contributed by atoms with Crippen LogP contribution in [0.15, 0.2) is 60.8 Å². The normalized spacial score (nSPS) is 11.9. The summed E-state index contributed by atoms with van der Waals surface area (Å²) in [5.41, 5.74) is 0.988.